The van der Waals surface area contributed by atoms with Gasteiger partial charge in [0.05, 0.1) is 0 Å². The highest BCUT2D eigenvalue weighted by atomic mass is 16.3. The molecule has 2 aliphatic rings. The molecule has 3 nitrogen and oxygen atoms in total. The first-order chi connectivity index (χ1) is 5.81. The molecule has 1 aliphatic heterocycles. The minimum Gasteiger partial charge on any atom is -0.396 e. The molecule has 2 atom stereocenters. The monoisotopic (exact) mass is 169 g/mol. The van der Waals surface area contributed by atoms with Gasteiger partial charge in [-0.2, -0.15) is 0 Å². The van der Waals surface area contributed by atoms with Crippen molar-refractivity contribution >= 4 is 5.91 Å². The van der Waals surface area contributed by atoms with Crippen molar-refractivity contribution in [1.82, 2.24) is 5.32 Å². The molecule has 0 unspecified atom stereocenters. The quantitative estimate of drug-likeness (QED) is 0.637. The summed E-state index contributed by atoms with van der Waals surface area (Å²) in [6, 6.07) is 0.379. The van der Waals surface area contributed by atoms with E-state index in [0.29, 0.717) is 24.3 Å². The van der Waals surface area contributed by atoms with Crippen molar-refractivity contribution in [2.75, 3.05) is 6.61 Å². The molecule has 2 fully saturated rings. The molecule has 0 bridgehead atoms. The molecule has 0 spiro atoms. The maximum absolute atomic E-state index is 11.1. The van der Waals surface area contributed by atoms with Crippen molar-refractivity contribution in [3.8, 4) is 0 Å². The van der Waals surface area contributed by atoms with Crippen molar-refractivity contribution in [3.05, 3.63) is 0 Å². The predicted molar refractivity (Wildman–Crippen MR) is 44.5 cm³/mol. The number of aliphatic hydroxyl groups is 1. The molecule has 1 amide bonds. The third-order valence-corrected chi connectivity index (χ3v) is 2.91. The number of aliphatic hydroxyl groups excluding tert-OH is 1. The second-order valence-electron chi connectivity index (χ2n) is 3.91. The van der Waals surface area contributed by atoms with Crippen LogP contribution in [0, 0.1) is 11.8 Å². The molecular formula is C9H15NO2. The molecule has 0 aromatic rings. The third kappa shape index (κ3) is 1.46. The van der Waals surface area contributed by atoms with Gasteiger partial charge >= 0.3 is 0 Å². The van der Waals surface area contributed by atoms with Crippen molar-refractivity contribution < 1.29 is 9.90 Å². The van der Waals surface area contributed by atoms with Crippen molar-refractivity contribution in [2.45, 2.75) is 31.7 Å². The van der Waals surface area contributed by atoms with Crippen LogP contribution in [-0.2, 0) is 4.79 Å². The Morgan fingerprint density at radius 1 is 1.50 bits per heavy atom. The fraction of sp³-hybridized carbons (Fsp3) is 0.889. The van der Waals surface area contributed by atoms with E-state index in [-0.39, 0.29) is 12.5 Å². The lowest BCUT2D eigenvalue weighted by Crippen LogP contribution is -2.31. The second kappa shape index (κ2) is 3.05. The van der Waals surface area contributed by atoms with Crippen LogP contribution < -0.4 is 5.32 Å². The molecule has 2 rings (SSSR count). The zero-order chi connectivity index (χ0) is 8.55. The number of hydrogen-bond acceptors (Lipinski definition) is 2. The molecule has 2 N–H and O–H groups in total. The molecule has 1 saturated heterocycles. The summed E-state index contributed by atoms with van der Waals surface area (Å²) < 4.78 is 0. The van der Waals surface area contributed by atoms with Crippen LogP contribution in [0.4, 0.5) is 0 Å². The Bertz CT molecular complexity index is 189. The largest absolute Gasteiger partial charge is 0.396 e. The van der Waals surface area contributed by atoms with Crippen LogP contribution in [0.1, 0.15) is 25.7 Å². The summed E-state index contributed by atoms with van der Waals surface area (Å²) in [6.07, 6.45) is 3.92. The van der Waals surface area contributed by atoms with E-state index in [1.54, 1.807) is 0 Å². The summed E-state index contributed by atoms with van der Waals surface area (Å²) in [5.41, 5.74) is 0. The standard InChI is InChI=1S/C9H15NO2/c11-4-3-7-5-8(12)10-9(7)6-1-2-6/h6-7,9,11H,1-5H2,(H,10,12)/t7-,9+/m0/s1. The zero-order valence-electron chi connectivity index (χ0n) is 7.12. The smallest absolute Gasteiger partial charge is 0.220 e. The van der Waals surface area contributed by atoms with Crippen LogP contribution in [0.3, 0.4) is 0 Å². The van der Waals surface area contributed by atoms with Gasteiger partial charge in [-0.1, -0.05) is 0 Å². The fourth-order valence-electron chi connectivity index (χ4n) is 2.13. The van der Waals surface area contributed by atoms with Crippen LogP contribution in [-0.4, -0.2) is 23.7 Å². The van der Waals surface area contributed by atoms with Gasteiger partial charge < -0.3 is 10.4 Å². The Hall–Kier alpha value is -0.570. The maximum atomic E-state index is 11.1. The normalized spacial score (nSPS) is 35.2. The number of amides is 1. The number of rotatable bonds is 3. The molecule has 3 heteroatoms. The van der Waals surface area contributed by atoms with Gasteiger partial charge in [0.25, 0.3) is 0 Å². The van der Waals surface area contributed by atoms with Crippen LogP contribution in [0.25, 0.3) is 0 Å². The minimum atomic E-state index is 0.172. The van der Waals surface area contributed by atoms with Gasteiger partial charge in [-0.05, 0) is 31.1 Å². The molecule has 1 heterocycles. The molecule has 1 saturated carbocycles. The van der Waals surface area contributed by atoms with E-state index in [1.807, 2.05) is 0 Å². The summed E-state index contributed by atoms with van der Waals surface area (Å²) >= 11 is 0. The highest BCUT2D eigenvalue weighted by Crippen LogP contribution is 2.39. The van der Waals surface area contributed by atoms with Crippen molar-refractivity contribution in [3.63, 3.8) is 0 Å². The first-order valence-electron chi connectivity index (χ1n) is 4.71. The molecule has 12 heavy (non-hydrogen) atoms. The summed E-state index contributed by atoms with van der Waals surface area (Å²) in [5.74, 6) is 1.29. The zero-order valence-corrected chi connectivity index (χ0v) is 7.12. The van der Waals surface area contributed by atoms with Crippen LogP contribution in [0.5, 0.6) is 0 Å². The van der Waals surface area contributed by atoms with E-state index in [2.05, 4.69) is 5.32 Å². The lowest BCUT2D eigenvalue weighted by Gasteiger charge is -2.16. The van der Waals surface area contributed by atoms with E-state index < -0.39 is 0 Å². The maximum Gasteiger partial charge on any atom is 0.220 e. The van der Waals surface area contributed by atoms with Gasteiger partial charge in [-0.3, -0.25) is 4.79 Å². The Morgan fingerprint density at radius 2 is 2.25 bits per heavy atom. The molecule has 0 radical (unpaired) electrons. The average molecular weight is 169 g/mol. The summed E-state index contributed by atoms with van der Waals surface area (Å²) in [4.78, 5) is 11.1. The van der Waals surface area contributed by atoms with E-state index in [9.17, 15) is 4.79 Å². The highest BCUT2D eigenvalue weighted by molar-refractivity contribution is 5.79. The topological polar surface area (TPSA) is 49.3 Å². The third-order valence-electron chi connectivity index (χ3n) is 2.91. The van der Waals surface area contributed by atoms with Gasteiger partial charge in [-0.25, -0.2) is 0 Å². The molecule has 1 aliphatic carbocycles. The summed E-state index contributed by atoms with van der Waals surface area (Å²) in [7, 11) is 0. The average Bonchev–Trinajstić information content (AvgIpc) is 2.79. The van der Waals surface area contributed by atoms with Crippen LogP contribution in [0.15, 0.2) is 0 Å². The fourth-order valence-corrected chi connectivity index (χ4v) is 2.13. The van der Waals surface area contributed by atoms with E-state index in [0.717, 1.165) is 6.42 Å². The van der Waals surface area contributed by atoms with Gasteiger partial charge in [0.1, 0.15) is 0 Å². The summed E-state index contributed by atoms with van der Waals surface area (Å²) in [5, 5.41) is 11.8. The molecule has 0 aromatic heterocycles. The molecular weight excluding hydrogens is 154 g/mol. The van der Waals surface area contributed by atoms with Crippen molar-refractivity contribution in [1.29, 1.82) is 0 Å². The minimum absolute atomic E-state index is 0.172. The van der Waals surface area contributed by atoms with E-state index in [1.165, 1.54) is 12.8 Å². The first-order valence-corrected chi connectivity index (χ1v) is 4.71. The van der Waals surface area contributed by atoms with Crippen LogP contribution >= 0.6 is 0 Å². The first kappa shape index (κ1) is 8.05. The number of hydrogen-bond donors (Lipinski definition) is 2. The second-order valence-corrected chi connectivity index (χ2v) is 3.91. The van der Waals surface area contributed by atoms with Crippen molar-refractivity contribution in [2.24, 2.45) is 11.8 Å². The van der Waals surface area contributed by atoms with Gasteiger partial charge in [0, 0.05) is 19.1 Å². The van der Waals surface area contributed by atoms with E-state index >= 15 is 0 Å². The van der Waals surface area contributed by atoms with Gasteiger partial charge in [-0.15, -0.1) is 0 Å². The number of carbonyl (C=O) groups is 1. The lowest BCUT2D eigenvalue weighted by atomic mass is 9.94. The summed E-state index contributed by atoms with van der Waals surface area (Å²) in [6.45, 7) is 0.211. The SMILES string of the molecule is O=C1C[C@H](CCO)[C@@H](C2CC2)N1. The van der Waals surface area contributed by atoms with Crippen LogP contribution in [0.2, 0.25) is 0 Å². The highest BCUT2D eigenvalue weighted by Gasteiger charge is 2.41. The van der Waals surface area contributed by atoms with E-state index in [4.69, 9.17) is 5.11 Å². The Labute approximate surface area is 72.2 Å². The number of nitrogens with one attached hydrogen (secondary N) is 1. The van der Waals surface area contributed by atoms with Gasteiger partial charge in [0.15, 0.2) is 0 Å². The Balaban J connectivity index is 1.94. The van der Waals surface area contributed by atoms with Gasteiger partial charge in [0.2, 0.25) is 5.91 Å². The molecule has 0 aromatic carbocycles. The number of carbonyl (C=O) groups excluding carboxylic acids is 1. The predicted octanol–water partition coefficient (Wildman–Crippen LogP) is 0.283. The molecule has 68 valence electrons. The Kier molecular flexibility index (Phi) is 2.05. The lowest BCUT2D eigenvalue weighted by molar-refractivity contribution is -0.119. The Morgan fingerprint density at radius 3 is 2.83 bits per heavy atom.